The number of phosphoric ester groups is 1. The molecule has 0 bridgehead atoms. The first-order valence-corrected chi connectivity index (χ1v) is 32.9. The third kappa shape index (κ3) is 60.4. The molecule has 0 fully saturated rings. The smallest absolute Gasteiger partial charge is 0.387 e. The highest BCUT2D eigenvalue weighted by atomic mass is 31.2. The van der Waals surface area contributed by atoms with Crippen molar-refractivity contribution < 1.29 is 32.9 Å². The van der Waals surface area contributed by atoms with Crippen molar-refractivity contribution in [1.82, 2.24) is 5.32 Å². The Labute approximate surface area is 475 Å². The molecule has 0 aromatic heterocycles. The lowest BCUT2D eigenvalue weighted by molar-refractivity contribution is -0.870. The second-order valence-corrected chi connectivity index (χ2v) is 23.5. The number of hydrogen-bond acceptors (Lipinski definition) is 5. The molecule has 9 heteroatoms. The first-order valence-electron chi connectivity index (χ1n) is 31.4. The molecular formula is C68H120N2O6P+. The van der Waals surface area contributed by atoms with Crippen molar-refractivity contribution in [2.45, 2.75) is 264 Å². The highest BCUT2D eigenvalue weighted by Crippen LogP contribution is 2.43. The lowest BCUT2D eigenvalue weighted by Crippen LogP contribution is -2.45. The summed E-state index contributed by atoms with van der Waals surface area (Å²) in [6.07, 6.45) is 86.1. The van der Waals surface area contributed by atoms with Crippen molar-refractivity contribution in [3.63, 3.8) is 0 Å². The van der Waals surface area contributed by atoms with Crippen LogP contribution in [0.5, 0.6) is 0 Å². The van der Waals surface area contributed by atoms with E-state index in [2.05, 4.69) is 129 Å². The molecule has 0 aliphatic carbocycles. The average Bonchev–Trinajstić information content (AvgIpc) is 3.39. The SMILES string of the molecule is CC/C=C\C/C=C\C/C=C\C/C=C\C/C=C\C/C=C\C/C=C\C/C=C\CCCCCCCCCCCCCCCCCCC(=O)NC(COP(=O)(O)OCC[N+](C)(C)C)C(O)/C=C/CC/C=C/CCCCCCCCCC. The van der Waals surface area contributed by atoms with Gasteiger partial charge in [-0.15, -0.1) is 0 Å². The second kappa shape index (κ2) is 57.6. The third-order valence-corrected chi connectivity index (χ3v) is 14.4. The first kappa shape index (κ1) is 73.9. The van der Waals surface area contributed by atoms with E-state index in [0.717, 1.165) is 89.9 Å². The molecule has 0 rings (SSSR count). The molecule has 0 spiro atoms. The maximum Gasteiger partial charge on any atom is 0.472 e. The topological polar surface area (TPSA) is 105 Å². The van der Waals surface area contributed by atoms with E-state index in [1.54, 1.807) is 6.08 Å². The summed E-state index contributed by atoms with van der Waals surface area (Å²) in [5.41, 5.74) is 0. The Hall–Kier alpha value is -3.10. The molecule has 442 valence electrons. The van der Waals surface area contributed by atoms with Gasteiger partial charge in [-0.3, -0.25) is 13.8 Å². The summed E-state index contributed by atoms with van der Waals surface area (Å²) in [5, 5.41) is 13.9. The number of amides is 1. The second-order valence-electron chi connectivity index (χ2n) is 22.0. The van der Waals surface area contributed by atoms with Crippen LogP contribution in [0.25, 0.3) is 0 Å². The van der Waals surface area contributed by atoms with Gasteiger partial charge in [0.15, 0.2) is 0 Å². The number of nitrogens with zero attached hydrogens (tertiary/aromatic N) is 1. The van der Waals surface area contributed by atoms with Crippen LogP contribution in [0.1, 0.15) is 251 Å². The quantitative estimate of drug-likeness (QED) is 0.0243. The molecule has 0 aliphatic rings. The van der Waals surface area contributed by atoms with Gasteiger partial charge in [-0.1, -0.05) is 270 Å². The van der Waals surface area contributed by atoms with E-state index < -0.39 is 20.0 Å². The van der Waals surface area contributed by atoms with Crippen LogP contribution in [0.2, 0.25) is 0 Å². The van der Waals surface area contributed by atoms with Crippen LogP contribution in [-0.2, 0) is 18.4 Å². The van der Waals surface area contributed by atoms with E-state index in [-0.39, 0.29) is 19.1 Å². The molecule has 8 nitrogen and oxygen atoms in total. The third-order valence-electron chi connectivity index (χ3n) is 13.4. The van der Waals surface area contributed by atoms with Crippen LogP contribution in [0.4, 0.5) is 0 Å². The van der Waals surface area contributed by atoms with Crippen molar-refractivity contribution in [1.29, 1.82) is 0 Å². The highest BCUT2D eigenvalue weighted by molar-refractivity contribution is 7.47. The Morgan fingerprint density at radius 3 is 1.19 bits per heavy atom. The summed E-state index contributed by atoms with van der Waals surface area (Å²) in [7, 11) is 1.55. The molecule has 0 heterocycles. The molecule has 0 aromatic rings. The molecule has 3 N–H and O–H groups in total. The van der Waals surface area contributed by atoms with Gasteiger partial charge in [0.1, 0.15) is 13.2 Å². The van der Waals surface area contributed by atoms with Gasteiger partial charge in [0, 0.05) is 6.42 Å². The van der Waals surface area contributed by atoms with E-state index in [1.807, 2.05) is 27.2 Å². The van der Waals surface area contributed by atoms with Crippen molar-refractivity contribution in [3.05, 3.63) is 122 Å². The Morgan fingerprint density at radius 2 is 0.792 bits per heavy atom. The minimum atomic E-state index is -4.36. The number of aliphatic hydroxyl groups is 1. The van der Waals surface area contributed by atoms with Gasteiger partial charge in [-0.05, 0) is 96.3 Å². The molecule has 3 atom stereocenters. The lowest BCUT2D eigenvalue weighted by Gasteiger charge is -2.25. The lowest BCUT2D eigenvalue weighted by atomic mass is 10.0. The summed E-state index contributed by atoms with van der Waals surface area (Å²) in [6, 6.07) is -0.868. The van der Waals surface area contributed by atoms with E-state index in [9.17, 15) is 19.4 Å². The monoisotopic (exact) mass is 1090 g/mol. The van der Waals surface area contributed by atoms with E-state index in [4.69, 9.17) is 9.05 Å². The highest BCUT2D eigenvalue weighted by Gasteiger charge is 2.27. The zero-order valence-corrected chi connectivity index (χ0v) is 51.3. The van der Waals surface area contributed by atoms with Gasteiger partial charge in [0.05, 0.1) is 39.9 Å². The number of aliphatic hydroxyl groups excluding tert-OH is 1. The van der Waals surface area contributed by atoms with Crippen molar-refractivity contribution >= 4 is 13.7 Å². The standard InChI is InChI=1S/C68H119N2O6P/c1-6-8-10-12-14-16-18-20-22-23-24-25-26-27-28-29-30-31-32-33-34-35-36-37-38-39-40-41-42-43-44-45-46-47-48-50-52-54-56-58-60-62-68(72)69-66(65-76-77(73,74)75-64-63-70(3,4)5)67(71)61-59-57-55-53-51-49-21-19-17-15-13-11-9-7-2/h8,10,14,16,20,22,24-25,27-28,30-31,33-34,36-37,51,53,59,61,66-67,71H,6-7,9,11-13,15,17-19,21,23,26,29,32,35,38-50,52,54-58,60,62-65H2,1-5H3,(H-,69,72,73,74)/p+1/b10-8-,16-14-,22-20-,25-24-,28-27-,31-30-,34-33-,37-36-,53-51+,61-59+. The summed E-state index contributed by atoms with van der Waals surface area (Å²) in [4.78, 5) is 23.3. The van der Waals surface area contributed by atoms with Gasteiger partial charge in [-0.25, -0.2) is 4.57 Å². The Morgan fingerprint density at radius 1 is 0.455 bits per heavy atom. The molecule has 0 aromatic carbocycles. The molecular weight excluding hydrogens is 972 g/mol. The molecule has 0 saturated carbocycles. The predicted octanol–water partition coefficient (Wildman–Crippen LogP) is 19.7. The van der Waals surface area contributed by atoms with Gasteiger partial charge < -0.3 is 19.8 Å². The van der Waals surface area contributed by atoms with Crippen molar-refractivity contribution in [2.75, 3.05) is 40.9 Å². The van der Waals surface area contributed by atoms with E-state index in [0.29, 0.717) is 17.4 Å². The first-order chi connectivity index (χ1) is 37.5. The zero-order chi connectivity index (χ0) is 56.3. The van der Waals surface area contributed by atoms with Gasteiger partial charge in [-0.2, -0.15) is 0 Å². The maximum atomic E-state index is 13.0. The van der Waals surface area contributed by atoms with Crippen LogP contribution < -0.4 is 5.32 Å². The van der Waals surface area contributed by atoms with E-state index in [1.165, 1.54) is 141 Å². The molecule has 77 heavy (non-hydrogen) atoms. The molecule has 0 radical (unpaired) electrons. The van der Waals surface area contributed by atoms with Crippen LogP contribution in [-0.4, -0.2) is 73.4 Å². The number of likely N-dealkylation sites (N-methyl/N-ethyl adjacent to an activating group) is 1. The number of nitrogens with one attached hydrogen (secondary N) is 1. The normalized spacial score (nSPS) is 14.6. The van der Waals surface area contributed by atoms with Gasteiger partial charge in [0.2, 0.25) is 5.91 Å². The number of carbonyl (C=O) groups excluding carboxylic acids is 1. The van der Waals surface area contributed by atoms with E-state index >= 15 is 0 Å². The fraction of sp³-hybridized carbons (Fsp3) is 0.691. The number of phosphoric acid groups is 1. The Bertz CT molecular complexity index is 1670. The van der Waals surface area contributed by atoms with Gasteiger partial charge in [0.25, 0.3) is 0 Å². The minimum Gasteiger partial charge on any atom is -0.387 e. The summed E-state index contributed by atoms with van der Waals surface area (Å²) in [5.74, 6) is -0.190. The summed E-state index contributed by atoms with van der Waals surface area (Å²) >= 11 is 0. The fourth-order valence-corrected chi connectivity index (χ4v) is 9.28. The van der Waals surface area contributed by atoms with Crippen molar-refractivity contribution in [2.24, 2.45) is 0 Å². The van der Waals surface area contributed by atoms with Gasteiger partial charge >= 0.3 is 7.82 Å². The largest absolute Gasteiger partial charge is 0.472 e. The zero-order valence-electron chi connectivity index (χ0n) is 50.4. The number of unbranched alkanes of at least 4 members (excludes halogenated alkanes) is 25. The predicted molar refractivity (Wildman–Crippen MR) is 336 cm³/mol. The number of carbonyl (C=O) groups is 1. The number of hydrogen-bond donors (Lipinski definition) is 3. The Kier molecular flexibility index (Phi) is 55.3. The van der Waals surface area contributed by atoms with Crippen LogP contribution >= 0.6 is 7.82 Å². The molecule has 0 aliphatic heterocycles. The molecule has 1 amide bonds. The maximum absolute atomic E-state index is 13.0. The fourth-order valence-electron chi connectivity index (χ4n) is 8.54. The van der Waals surface area contributed by atoms with Crippen LogP contribution in [0.15, 0.2) is 122 Å². The average molecular weight is 1090 g/mol. The minimum absolute atomic E-state index is 0.0525. The number of allylic oxidation sites excluding steroid dienone is 19. The van der Waals surface area contributed by atoms with Crippen LogP contribution in [0.3, 0.4) is 0 Å². The molecule has 3 unspecified atom stereocenters. The summed E-state index contributed by atoms with van der Waals surface area (Å²) in [6.45, 7) is 4.67. The number of quaternary nitrogens is 1. The number of rotatable bonds is 56. The van der Waals surface area contributed by atoms with Crippen molar-refractivity contribution in [3.8, 4) is 0 Å². The Balaban J connectivity index is 4.01. The van der Waals surface area contributed by atoms with Crippen LogP contribution in [0, 0.1) is 0 Å². The molecule has 0 saturated heterocycles. The summed E-state index contributed by atoms with van der Waals surface area (Å²) < 4.78 is 23.7.